The fourth-order valence-corrected chi connectivity index (χ4v) is 3.73. The van der Waals surface area contributed by atoms with Crippen LogP contribution >= 0.6 is 11.8 Å². The Morgan fingerprint density at radius 2 is 2.17 bits per heavy atom. The number of furan rings is 1. The summed E-state index contributed by atoms with van der Waals surface area (Å²) in [5.41, 5.74) is 5.82. The molecule has 3 heterocycles. The predicted molar refractivity (Wildman–Crippen MR) is 92.5 cm³/mol. The van der Waals surface area contributed by atoms with Crippen LogP contribution in [-0.4, -0.2) is 52.0 Å². The molecule has 0 radical (unpaired) electrons. The maximum atomic E-state index is 5.84. The van der Waals surface area contributed by atoms with Crippen LogP contribution in [0.2, 0.25) is 0 Å². The minimum atomic E-state index is 0.239. The number of anilines is 2. The van der Waals surface area contributed by atoms with E-state index < -0.39 is 0 Å². The Balaban J connectivity index is 1.82. The van der Waals surface area contributed by atoms with Crippen LogP contribution < -0.4 is 10.6 Å². The zero-order valence-electron chi connectivity index (χ0n) is 13.7. The molecule has 1 atom stereocenters. The van der Waals surface area contributed by atoms with Gasteiger partial charge in [-0.2, -0.15) is 26.7 Å². The summed E-state index contributed by atoms with van der Waals surface area (Å²) < 4.78 is 5.84. The average Bonchev–Trinajstić information content (AvgIpc) is 2.93. The molecule has 1 fully saturated rings. The van der Waals surface area contributed by atoms with E-state index in [0.717, 1.165) is 29.6 Å². The van der Waals surface area contributed by atoms with Crippen molar-refractivity contribution in [2.45, 2.75) is 19.5 Å². The van der Waals surface area contributed by atoms with E-state index in [1.54, 1.807) is 0 Å². The molecule has 124 valence electrons. The van der Waals surface area contributed by atoms with E-state index in [1.807, 2.05) is 43.7 Å². The molecule has 3 rings (SSSR count). The molecule has 0 amide bonds. The van der Waals surface area contributed by atoms with Crippen molar-refractivity contribution in [3.05, 3.63) is 29.5 Å². The van der Waals surface area contributed by atoms with E-state index in [4.69, 9.17) is 10.2 Å². The molecule has 0 spiro atoms. The van der Waals surface area contributed by atoms with Crippen molar-refractivity contribution in [2.75, 3.05) is 42.8 Å². The first-order chi connectivity index (χ1) is 11.0. The highest BCUT2D eigenvalue weighted by Crippen LogP contribution is 2.31. The first kappa shape index (κ1) is 16.1. The van der Waals surface area contributed by atoms with Crippen LogP contribution in [0.15, 0.2) is 16.5 Å². The van der Waals surface area contributed by atoms with Crippen molar-refractivity contribution in [3.8, 4) is 0 Å². The third-order valence-corrected chi connectivity index (χ3v) is 4.78. The van der Waals surface area contributed by atoms with Gasteiger partial charge in [0.05, 0.1) is 12.6 Å². The summed E-state index contributed by atoms with van der Waals surface area (Å²) in [6, 6.07) is 4.31. The quantitative estimate of drug-likeness (QED) is 0.904. The van der Waals surface area contributed by atoms with Gasteiger partial charge in [0, 0.05) is 32.1 Å². The highest BCUT2D eigenvalue weighted by atomic mass is 32.2. The molecule has 1 saturated heterocycles. The van der Waals surface area contributed by atoms with Crippen molar-refractivity contribution >= 4 is 23.7 Å². The van der Waals surface area contributed by atoms with E-state index >= 15 is 0 Å². The Labute approximate surface area is 140 Å². The van der Waals surface area contributed by atoms with Gasteiger partial charge in [0.15, 0.2) is 0 Å². The molecule has 0 aromatic carbocycles. The Morgan fingerprint density at radius 3 is 2.87 bits per heavy atom. The molecule has 7 nitrogen and oxygen atoms in total. The van der Waals surface area contributed by atoms with E-state index in [2.05, 4.69) is 25.9 Å². The fraction of sp³-hybridized carbons (Fsp3) is 0.533. The van der Waals surface area contributed by atoms with Crippen molar-refractivity contribution in [1.82, 2.24) is 19.9 Å². The molecule has 2 N–H and O–H groups in total. The normalized spacial score (nSPS) is 19.0. The number of nitrogens with zero attached hydrogens (tertiary/aromatic N) is 5. The highest BCUT2D eigenvalue weighted by Gasteiger charge is 2.27. The molecule has 1 aliphatic rings. The van der Waals surface area contributed by atoms with E-state index in [0.29, 0.717) is 18.3 Å². The number of aryl methyl sites for hydroxylation is 1. The number of hydrogen-bond acceptors (Lipinski definition) is 8. The van der Waals surface area contributed by atoms with E-state index in [-0.39, 0.29) is 12.0 Å². The average molecular weight is 334 g/mol. The first-order valence-corrected chi connectivity index (χ1v) is 8.74. The minimum absolute atomic E-state index is 0.239. The second-order valence-electron chi connectivity index (χ2n) is 5.81. The molecule has 0 unspecified atom stereocenters. The van der Waals surface area contributed by atoms with Crippen LogP contribution in [-0.2, 0) is 6.54 Å². The largest absolute Gasteiger partial charge is 0.465 e. The van der Waals surface area contributed by atoms with Crippen molar-refractivity contribution in [3.63, 3.8) is 0 Å². The number of hydrogen-bond donors (Lipinski definition) is 1. The number of nitrogens with two attached hydrogens (primary N) is 1. The third kappa shape index (κ3) is 3.76. The predicted octanol–water partition coefficient (Wildman–Crippen LogP) is 1.71. The molecule has 2 aromatic rings. The van der Waals surface area contributed by atoms with Gasteiger partial charge < -0.3 is 15.1 Å². The summed E-state index contributed by atoms with van der Waals surface area (Å²) >= 11 is 1.94. The van der Waals surface area contributed by atoms with Gasteiger partial charge >= 0.3 is 0 Å². The van der Waals surface area contributed by atoms with Crippen molar-refractivity contribution in [1.29, 1.82) is 0 Å². The van der Waals surface area contributed by atoms with Gasteiger partial charge in [0.2, 0.25) is 11.9 Å². The monoisotopic (exact) mass is 334 g/mol. The number of rotatable bonds is 4. The lowest BCUT2D eigenvalue weighted by Gasteiger charge is -2.33. The van der Waals surface area contributed by atoms with Gasteiger partial charge in [-0.15, -0.1) is 0 Å². The SMILES string of the molecule is Cc1ccc([C@@H]2CSCCN2Cc2nc(N)nc(N(C)C)n2)o1. The zero-order valence-corrected chi connectivity index (χ0v) is 14.5. The topological polar surface area (TPSA) is 84.3 Å². The standard InChI is InChI=1S/C15H22N6OS/c1-10-4-5-12(22-10)11-9-23-7-6-21(11)8-13-17-14(16)19-15(18-13)20(2)3/h4-5,11H,6-9H2,1-3H3,(H2,16,17,18,19)/t11-/m0/s1. The highest BCUT2D eigenvalue weighted by molar-refractivity contribution is 7.99. The second-order valence-corrected chi connectivity index (χ2v) is 6.96. The lowest BCUT2D eigenvalue weighted by atomic mass is 10.2. The van der Waals surface area contributed by atoms with Crippen LogP contribution in [0.25, 0.3) is 0 Å². The molecule has 0 bridgehead atoms. The molecule has 1 aliphatic heterocycles. The first-order valence-electron chi connectivity index (χ1n) is 7.59. The summed E-state index contributed by atoms with van der Waals surface area (Å²) in [5, 5.41) is 0. The van der Waals surface area contributed by atoms with Crippen LogP contribution in [0.3, 0.4) is 0 Å². The van der Waals surface area contributed by atoms with Crippen molar-refractivity contribution < 1.29 is 4.42 Å². The maximum Gasteiger partial charge on any atom is 0.229 e. The fourth-order valence-electron chi connectivity index (χ4n) is 2.60. The van der Waals surface area contributed by atoms with Crippen LogP contribution in [0.1, 0.15) is 23.4 Å². The Hall–Kier alpha value is -1.80. The van der Waals surface area contributed by atoms with Gasteiger partial charge in [-0.3, -0.25) is 4.90 Å². The minimum Gasteiger partial charge on any atom is -0.465 e. The summed E-state index contributed by atoms with van der Waals surface area (Å²) in [6.07, 6.45) is 0. The van der Waals surface area contributed by atoms with Crippen LogP contribution in [0.5, 0.6) is 0 Å². The smallest absolute Gasteiger partial charge is 0.229 e. The molecular formula is C15H22N6OS. The third-order valence-electron chi connectivity index (χ3n) is 3.76. The summed E-state index contributed by atoms with van der Waals surface area (Å²) in [7, 11) is 3.79. The molecule has 23 heavy (non-hydrogen) atoms. The molecule has 0 aliphatic carbocycles. The van der Waals surface area contributed by atoms with Gasteiger partial charge in [0.25, 0.3) is 0 Å². The number of thioether (sulfide) groups is 1. The molecule has 8 heteroatoms. The molecule has 0 saturated carbocycles. The van der Waals surface area contributed by atoms with E-state index in [9.17, 15) is 0 Å². The number of aromatic nitrogens is 3. The number of nitrogen functional groups attached to an aromatic ring is 1. The van der Waals surface area contributed by atoms with Crippen LogP contribution in [0, 0.1) is 6.92 Å². The summed E-state index contributed by atoms with van der Waals surface area (Å²) in [4.78, 5) is 17.1. The second kappa shape index (κ2) is 6.76. The van der Waals surface area contributed by atoms with Gasteiger partial charge in [-0.25, -0.2) is 0 Å². The Bertz CT molecular complexity index is 674. The Kier molecular flexibility index (Phi) is 4.72. The van der Waals surface area contributed by atoms with Crippen molar-refractivity contribution in [2.24, 2.45) is 0 Å². The van der Waals surface area contributed by atoms with Gasteiger partial charge in [-0.05, 0) is 19.1 Å². The van der Waals surface area contributed by atoms with Gasteiger partial charge in [-0.1, -0.05) is 0 Å². The Morgan fingerprint density at radius 1 is 1.35 bits per heavy atom. The molecular weight excluding hydrogens is 312 g/mol. The molecule has 2 aromatic heterocycles. The van der Waals surface area contributed by atoms with Gasteiger partial charge in [0.1, 0.15) is 17.3 Å². The maximum absolute atomic E-state index is 5.84. The van der Waals surface area contributed by atoms with E-state index in [1.165, 1.54) is 0 Å². The summed E-state index contributed by atoms with van der Waals surface area (Å²) in [5.74, 6) is 5.59. The summed E-state index contributed by atoms with van der Waals surface area (Å²) in [6.45, 7) is 3.58. The lowest BCUT2D eigenvalue weighted by molar-refractivity contribution is 0.183. The lowest BCUT2D eigenvalue weighted by Crippen LogP contribution is -2.36. The van der Waals surface area contributed by atoms with Crippen LogP contribution in [0.4, 0.5) is 11.9 Å². The zero-order chi connectivity index (χ0) is 16.4.